The second-order valence-electron chi connectivity index (χ2n) is 5.96. The van der Waals surface area contributed by atoms with Gasteiger partial charge in [-0.25, -0.2) is 0 Å². The van der Waals surface area contributed by atoms with Crippen molar-refractivity contribution in [1.29, 1.82) is 0 Å². The molecule has 1 N–H and O–H groups in total. The van der Waals surface area contributed by atoms with Crippen molar-refractivity contribution >= 4 is 33.4 Å². The van der Waals surface area contributed by atoms with E-state index in [0.29, 0.717) is 6.04 Å². The van der Waals surface area contributed by atoms with Crippen molar-refractivity contribution in [2.75, 3.05) is 23.4 Å². The minimum atomic E-state index is 0.150. The van der Waals surface area contributed by atoms with E-state index in [0.717, 1.165) is 23.9 Å². The molecule has 2 aliphatic rings. The second kappa shape index (κ2) is 6.29. The summed E-state index contributed by atoms with van der Waals surface area (Å²) in [5, 5.41) is 3.73. The third-order valence-electron chi connectivity index (χ3n) is 4.38. The maximum absolute atomic E-state index is 6.16. The van der Waals surface area contributed by atoms with Crippen molar-refractivity contribution in [3.05, 3.63) is 28.2 Å². The first kappa shape index (κ1) is 14.7. The van der Waals surface area contributed by atoms with Crippen LogP contribution in [0.2, 0.25) is 0 Å². The molecule has 1 aromatic rings. The minimum Gasteiger partial charge on any atom is -0.381 e. The summed E-state index contributed by atoms with van der Waals surface area (Å²) in [5.74, 6) is 2.50. The lowest BCUT2D eigenvalue weighted by atomic mass is 9.85. The van der Waals surface area contributed by atoms with Crippen LogP contribution in [0.1, 0.15) is 31.2 Å². The third kappa shape index (κ3) is 3.34. The fourth-order valence-corrected chi connectivity index (χ4v) is 4.81. The number of rotatable bonds is 2. The second-order valence-corrected chi connectivity index (χ2v) is 8.04. The maximum atomic E-state index is 6.16. The van der Waals surface area contributed by atoms with E-state index in [4.69, 9.17) is 4.74 Å². The lowest BCUT2D eigenvalue weighted by Gasteiger charge is -2.43. The molecule has 1 atom stereocenters. The number of benzene rings is 1. The van der Waals surface area contributed by atoms with Crippen molar-refractivity contribution in [3.63, 3.8) is 0 Å². The summed E-state index contributed by atoms with van der Waals surface area (Å²) in [5.41, 5.74) is 2.67. The van der Waals surface area contributed by atoms with Gasteiger partial charge in [0.05, 0.1) is 5.60 Å². The van der Waals surface area contributed by atoms with Crippen LogP contribution >= 0.6 is 27.7 Å². The summed E-state index contributed by atoms with van der Waals surface area (Å²) in [6, 6.07) is 7.02. The van der Waals surface area contributed by atoms with Gasteiger partial charge in [0, 0.05) is 22.8 Å². The molecular weight excluding hydrogens is 334 g/mol. The Labute approximate surface area is 134 Å². The lowest BCUT2D eigenvalue weighted by Crippen LogP contribution is -2.46. The average Bonchev–Trinajstić information content (AvgIpc) is 2.44. The van der Waals surface area contributed by atoms with Crippen LogP contribution in [0.25, 0.3) is 0 Å². The van der Waals surface area contributed by atoms with Crippen molar-refractivity contribution in [2.45, 2.75) is 44.2 Å². The molecule has 110 valence electrons. The molecule has 0 bridgehead atoms. The first-order valence-corrected chi connectivity index (χ1v) is 9.36. The zero-order valence-electron chi connectivity index (χ0n) is 12.0. The van der Waals surface area contributed by atoms with Crippen LogP contribution < -0.4 is 5.32 Å². The van der Waals surface area contributed by atoms with Crippen molar-refractivity contribution < 1.29 is 4.74 Å². The Hall–Kier alpha value is -0.190. The molecule has 0 amide bonds. The van der Waals surface area contributed by atoms with Crippen LogP contribution in [-0.4, -0.2) is 29.8 Å². The fourth-order valence-electron chi connectivity index (χ4n) is 3.21. The summed E-state index contributed by atoms with van der Waals surface area (Å²) in [6.45, 7) is 3.03. The van der Waals surface area contributed by atoms with Gasteiger partial charge in [0.2, 0.25) is 0 Å². The van der Waals surface area contributed by atoms with Gasteiger partial charge in [0.1, 0.15) is 0 Å². The van der Waals surface area contributed by atoms with Crippen LogP contribution in [0.4, 0.5) is 5.69 Å². The Morgan fingerprint density at radius 3 is 2.95 bits per heavy atom. The smallest absolute Gasteiger partial charge is 0.0717 e. The number of thioether (sulfide) groups is 1. The lowest BCUT2D eigenvalue weighted by molar-refractivity contribution is -0.0865. The van der Waals surface area contributed by atoms with Crippen molar-refractivity contribution in [1.82, 2.24) is 0 Å². The molecule has 2 aliphatic heterocycles. The van der Waals surface area contributed by atoms with Crippen molar-refractivity contribution in [3.8, 4) is 0 Å². The van der Waals surface area contributed by atoms with E-state index in [1.54, 1.807) is 0 Å². The number of hydrogen-bond acceptors (Lipinski definition) is 3. The standard InChI is InChI=1S/C16H22BrNOS/c1-12-2-3-14(17)15(10-12)18-13-4-7-19-16(11-13)5-8-20-9-6-16/h2-3,10,13,18H,4-9,11H2,1H3. The van der Waals surface area contributed by atoms with Gasteiger partial charge in [-0.05, 0) is 77.7 Å². The number of aryl methyl sites for hydroxylation is 1. The first-order chi connectivity index (χ1) is 9.67. The zero-order chi connectivity index (χ0) is 14.0. The van der Waals surface area contributed by atoms with Gasteiger partial charge in [0.15, 0.2) is 0 Å². The molecule has 0 aliphatic carbocycles. The molecule has 0 saturated carbocycles. The highest BCUT2D eigenvalue weighted by Gasteiger charge is 2.38. The Morgan fingerprint density at radius 1 is 1.35 bits per heavy atom. The molecular formula is C16H22BrNOS. The highest BCUT2D eigenvalue weighted by atomic mass is 79.9. The number of hydrogen-bond donors (Lipinski definition) is 1. The van der Waals surface area contributed by atoms with Gasteiger partial charge < -0.3 is 10.1 Å². The largest absolute Gasteiger partial charge is 0.381 e. The van der Waals surface area contributed by atoms with Crippen molar-refractivity contribution in [2.24, 2.45) is 0 Å². The highest BCUT2D eigenvalue weighted by molar-refractivity contribution is 9.10. The number of nitrogens with one attached hydrogen (secondary N) is 1. The summed E-state index contributed by atoms with van der Waals surface area (Å²) < 4.78 is 7.32. The predicted molar refractivity (Wildman–Crippen MR) is 90.8 cm³/mol. The molecule has 4 heteroatoms. The van der Waals surface area contributed by atoms with E-state index >= 15 is 0 Å². The third-order valence-corrected chi connectivity index (χ3v) is 6.06. The van der Waals surface area contributed by atoms with Crippen LogP contribution in [-0.2, 0) is 4.74 Å². The Kier molecular flexibility index (Phi) is 4.63. The van der Waals surface area contributed by atoms with Gasteiger partial charge in [-0.1, -0.05) is 6.07 Å². The highest BCUT2D eigenvalue weighted by Crippen LogP contribution is 2.38. The molecule has 1 aromatic carbocycles. The Balaban J connectivity index is 1.69. The maximum Gasteiger partial charge on any atom is 0.0717 e. The van der Waals surface area contributed by atoms with Gasteiger partial charge in [0.25, 0.3) is 0 Å². The molecule has 1 spiro atoms. The van der Waals surface area contributed by atoms with Gasteiger partial charge >= 0.3 is 0 Å². The zero-order valence-corrected chi connectivity index (χ0v) is 14.4. The van der Waals surface area contributed by atoms with Crippen LogP contribution in [0.5, 0.6) is 0 Å². The SMILES string of the molecule is Cc1ccc(Br)c(NC2CCOC3(CCSCC3)C2)c1. The van der Waals surface area contributed by atoms with E-state index in [9.17, 15) is 0 Å². The van der Waals surface area contributed by atoms with E-state index in [1.807, 2.05) is 0 Å². The minimum absolute atomic E-state index is 0.150. The average molecular weight is 356 g/mol. The van der Waals surface area contributed by atoms with Crippen LogP contribution in [0.3, 0.4) is 0 Å². The monoisotopic (exact) mass is 355 g/mol. The van der Waals surface area contributed by atoms with Gasteiger partial charge in [-0.3, -0.25) is 0 Å². The van der Waals surface area contributed by atoms with E-state index in [-0.39, 0.29) is 5.60 Å². The molecule has 2 heterocycles. The summed E-state index contributed by atoms with van der Waals surface area (Å²) >= 11 is 5.71. The Bertz CT molecular complexity index is 468. The van der Waals surface area contributed by atoms with E-state index in [1.165, 1.54) is 35.6 Å². The number of ether oxygens (including phenoxy) is 1. The van der Waals surface area contributed by atoms with Crippen LogP contribution in [0.15, 0.2) is 22.7 Å². The number of anilines is 1. The fraction of sp³-hybridized carbons (Fsp3) is 0.625. The van der Waals surface area contributed by atoms with E-state index in [2.05, 4.69) is 58.1 Å². The predicted octanol–water partition coefficient (Wildman–Crippen LogP) is 4.61. The summed E-state index contributed by atoms with van der Waals surface area (Å²) in [6.07, 6.45) is 4.68. The first-order valence-electron chi connectivity index (χ1n) is 7.41. The quantitative estimate of drug-likeness (QED) is 0.836. The summed E-state index contributed by atoms with van der Waals surface area (Å²) in [4.78, 5) is 0. The van der Waals surface area contributed by atoms with Gasteiger partial charge in [-0.2, -0.15) is 11.8 Å². The molecule has 20 heavy (non-hydrogen) atoms. The molecule has 2 nitrogen and oxygen atoms in total. The Morgan fingerprint density at radius 2 is 2.15 bits per heavy atom. The molecule has 1 unspecified atom stereocenters. The summed E-state index contributed by atoms with van der Waals surface area (Å²) in [7, 11) is 0. The van der Waals surface area contributed by atoms with Gasteiger partial charge in [-0.15, -0.1) is 0 Å². The molecule has 2 saturated heterocycles. The topological polar surface area (TPSA) is 21.3 Å². The molecule has 0 aromatic heterocycles. The normalized spacial score (nSPS) is 25.6. The number of halogens is 1. The molecule has 0 radical (unpaired) electrons. The van der Waals surface area contributed by atoms with Crippen LogP contribution in [0, 0.1) is 6.92 Å². The molecule has 3 rings (SSSR count). The molecule has 2 fully saturated rings. The van der Waals surface area contributed by atoms with E-state index < -0.39 is 0 Å².